The van der Waals surface area contributed by atoms with Crippen LogP contribution in [0.5, 0.6) is 0 Å². The highest BCUT2D eigenvalue weighted by Crippen LogP contribution is 2.20. The Bertz CT molecular complexity index is 434. The lowest BCUT2D eigenvalue weighted by Crippen LogP contribution is -2.51. The van der Waals surface area contributed by atoms with Gasteiger partial charge >= 0.3 is 5.97 Å². The van der Waals surface area contributed by atoms with Crippen LogP contribution >= 0.6 is 11.6 Å². The summed E-state index contributed by atoms with van der Waals surface area (Å²) in [5.74, 6) is -0.785. The van der Waals surface area contributed by atoms with E-state index >= 15 is 0 Å². The minimum atomic E-state index is -0.834. The molecule has 6 heteroatoms. The Hall–Kier alpha value is -1.07. The number of rotatable bonds is 8. The van der Waals surface area contributed by atoms with Crippen molar-refractivity contribution in [1.82, 2.24) is 15.1 Å². The Morgan fingerprint density at radius 2 is 2.26 bits per heavy atom. The summed E-state index contributed by atoms with van der Waals surface area (Å²) in [4.78, 5) is 11.4. The zero-order chi connectivity index (χ0) is 14.5. The molecule has 0 radical (unpaired) electrons. The van der Waals surface area contributed by atoms with Crippen LogP contribution in [0.1, 0.15) is 38.8 Å². The number of carboxylic acid groups (broad SMARTS) is 1. The second kappa shape index (κ2) is 6.91. The van der Waals surface area contributed by atoms with Crippen molar-refractivity contribution in [2.24, 2.45) is 0 Å². The summed E-state index contributed by atoms with van der Waals surface area (Å²) in [7, 11) is 0. The third kappa shape index (κ3) is 3.70. The number of hydrogen-bond acceptors (Lipinski definition) is 3. The van der Waals surface area contributed by atoms with Crippen molar-refractivity contribution in [3.05, 3.63) is 16.9 Å². The normalized spacial score (nSPS) is 14.3. The summed E-state index contributed by atoms with van der Waals surface area (Å²) < 4.78 is 1.82. The molecule has 19 heavy (non-hydrogen) atoms. The smallest absolute Gasteiger partial charge is 0.323 e. The maximum absolute atomic E-state index is 11.4. The number of aliphatic carboxylic acids is 1. The van der Waals surface area contributed by atoms with Gasteiger partial charge in [0.1, 0.15) is 5.54 Å². The van der Waals surface area contributed by atoms with Gasteiger partial charge in [-0.05, 0) is 32.7 Å². The minimum absolute atomic E-state index is 0.565. The van der Waals surface area contributed by atoms with Gasteiger partial charge < -0.3 is 10.4 Å². The van der Waals surface area contributed by atoms with Gasteiger partial charge in [-0.25, -0.2) is 0 Å². The number of halogens is 1. The molecule has 0 bridgehead atoms. The second-order valence-corrected chi connectivity index (χ2v) is 5.08. The highest BCUT2D eigenvalue weighted by atomic mass is 35.5. The third-order valence-electron chi connectivity index (χ3n) is 3.54. The first-order valence-electron chi connectivity index (χ1n) is 6.63. The van der Waals surface area contributed by atoms with E-state index < -0.39 is 11.5 Å². The van der Waals surface area contributed by atoms with Crippen molar-refractivity contribution in [2.75, 3.05) is 6.54 Å². The van der Waals surface area contributed by atoms with Crippen LogP contribution in [0, 0.1) is 6.92 Å². The second-order valence-electron chi connectivity index (χ2n) is 4.68. The molecule has 0 aliphatic rings. The SMILES string of the molecule is CCNC(CC)(CCCn1ncc(Cl)c1C)C(=O)O. The maximum atomic E-state index is 11.4. The molecule has 0 aromatic carbocycles. The van der Waals surface area contributed by atoms with Crippen molar-refractivity contribution >= 4 is 17.6 Å². The zero-order valence-corrected chi connectivity index (χ0v) is 12.5. The van der Waals surface area contributed by atoms with E-state index in [1.54, 1.807) is 6.20 Å². The van der Waals surface area contributed by atoms with Crippen molar-refractivity contribution in [1.29, 1.82) is 0 Å². The van der Waals surface area contributed by atoms with Crippen LogP contribution in [0.2, 0.25) is 5.02 Å². The summed E-state index contributed by atoms with van der Waals surface area (Å²) in [6.45, 7) is 7.05. The molecule has 1 aromatic rings. The average molecular weight is 288 g/mol. The molecule has 108 valence electrons. The molecule has 0 spiro atoms. The highest BCUT2D eigenvalue weighted by Gasteiger charge is 2.34. The predicted octanol–water partition coefficient (Wildman–Crippen LogP) is 2.47. The molecule has 5 nitrogen and oxygen atoms in total. The molecular weight excluding hydrogens is 266 g/mol. The topological polar surface area (TPSA) is 67.2 Å². The lowest BCUT2D eigenvalue weighted by atomic mass is 9.90. The van der Waals surface area contributed by atoms with Crippen molar-refractivity contribution in [3.8, 4) is 0 Å². The van der Waals surface area contributed by atoms with E-state index in [0.29, 0.717) is 31.0 Å². The molecule has 0 fully saturated rings. The fourth-order valence-corrected chi connectivity index (χ4v) is 2.38. The molecule has 0 aliphatic carbocycles. The van der Waals surface area contributed by atoms with Crippen molar-refractivity contribution < 1.29 is 9.90 Å². The minimum Gasteiger partial charge on any atom is -0.480 e. The van der Waals surface area contributed by atoms with E-state index in [0.717, 1.165) is 12.1 Å². The zero-order valence-electron chi connectivity index (χ0n) is 11.7. The number of aryl methyl sites for hydroxylation is 1. The van der Waals surface area contributed by atoms with Gasteiger partial charge in [-0.1, -0.05) is 25.4 Å². The molecule has 1 atom stereocenters. The van der Waals surface area contributed by atoms with E-state index in [-0.39, 0.29) is 0 Å². The predicted molar refractivity (Wildman–Crippen MR) is 75.5 cm³/mol. The van der Waals surface area contributed by atoms with Crippen molar-refractivity contribution in [2.45, 2.75) is 52.1 Å². The van der Waals surface area contributed by atoms with Crippen LogP contribution in [-0.4, -0.2) is 32.9 Å². The largest absolute Gasteiger partial charge is 0.480 e. The van der Waals surface area contributed by atoms with Gasteiger partial charge in [0, 0.05) is 6.54 Å². The van der Waals surface area contributed by atoms with Gasteiger partial charge in [0.15, 0.2) is 0 Å². The summed E-state index contributed by atoms with van der Waals surface area (Å²) in [5.41, 5.74) is 0.0853. The van der Waals surface area contributed by atoms with Crippen LogP contribution in [0.15, 0.2) is 6.20 Å². The van der Waals surface area contributed by atoms with Crippen molar-refractivity contribution in [3.63, 3.8) is 0 Å². The number of hydrogen-bond donors (Lipinski definition) is 2. The van der Waals surface area contributed by atoms with E-state index in [1.807, 2.05) is 25.5 Å². The molecule has 0 amide bonds. The number of carbonyl (C=O) groups is 1. The molecule has 1 unspecified atom stereocenters. The molecule has 1 rings (SSSR count). The lowest BCUT2D eigenvalue weighted by Gasteiger charge is -2.29. The monoisotopic (exact) mass is 287 g/mol. The van der Waals surface area contributed by atoms with Gasteiger partial charge in [-0.15, -0.1) is 0 Å². The van der Waals surface area contributed by atoms with Crippen LogP contribution < -0.4 is 5.32 Å². The van der Waals surface area contributed by atoms with E-state index in [2.05, 4.69) is 10.4 Å². The Kier molecular flexibility index (Phi) is 5.82. The molecule has 0 saturated heterocycles. The number of nitrogens with one attached hydrogen (secondary N) is 1. The Balaban J connectivity index is 2.62. The van der Waals surface area contributed by atoms with Crippen LogP contribution in [-0.2, 0) is 11.3 Å². The van der Waals surface area contributed by atoms with Crippen LogP contribution in [0.3, 0.4) is 0 Å². The third-order valence-corrected chi connectivity index (χ3v) is 3.92. The van der Waals surface area contributed by atoms with Gasteiger partial charge in [0.2, 0.25) is 0 Å². The van der Waals surface area contributed by atoms with E-state index in [9.17, 15) is 9.90 Å². The van der Waals surface area contributed by atoms with Gasteiger partial charge in [0.25, 0.3) is 0 Å². The molecule has 1 heterocycles. The molecular formula is C13H22ClN3O2. The van der Waals surface area contributed by atoms with Crippen LogP contribution in [0.25, 0.3) is 0 Å². The Labute approximate surface area is 118 Å². The van der Waals surface area contributed by atoms with E-state index in [1.165, 1.54) is 0 Å². The molecule has 0 aliphatic heterocycles. The summed E-state index contributed by atoms with van der Waals surface area (Å²) >= 11 is 5.94. The average Bonchev–Trinajstić information content (AvgIpc) is 2.69. The number of likely N-dealkylation sites (N-methyl/N-ethyl adjacent to an activating group) is 1. The molecule has 0 saturated carbocycles. The highest BCUT2D eigenvalue weighted by molar-refractivity contribution is 6.31. The fourth-order valence-electron chi connectivity index (χ4n) is 2.24. The van der Waals surface area contributed by atoms with E-state index in [4.69, 9.17) is 11.6 Å². The first-order chi connectivity index (χ1) is 8.96. The van der Waals surface area contributed by atoms with Gasteiger partial charge in [0.05, 0.1) is 16.9 Å². The molecule has 2 N–H and O–H groups in total. The Morgan fingerprint density at radius 1 is 1.58 bits per heavy atom. The Morgan fingerprint density at radius 3 is 2.68 bits per heavy atom. The fraction of sp³-hybridized carbons (Fsp3) is 0.692. The maximum Gasteiger partial charge on any atom is 0.323 e. The number of nitrogens with zero attached hydrogens (tertiary/aromatic N) is 2. The first-order valence-corrected chi connectivity index (χ1v) is 7.01. The molecule has 1 aromatic heterocycles. The standard InChI is InChI=1S/C13H22ClN3O2/c1-4-13(12(18)19,15-5-2)7-6-8-17-10(3)11(14)9-16-17/h9,15H,4-8H2,1-3H3,(H,18,19). The number of aromatic nitrogens is 2. The lowest BCUT2D eigenvalue weighted by molar-refractivity contribution is -0.145. The quantitative estimate of drug-likeness (QED) is 0.771. The summed E-state index contributed by atoms with van der Waals surface area (Å²) in [6.07, 6.45) is 3.50. The first kappa shape index (κ1) is 16.0. The van der Waals surface area contributed by atoms with Gasteiger partial charge in [-0.3, -0.25) is 9.48 Å². The summed E-state index contributed by atoms with van der Waals surface area (Å²) in [6, 6.07) is 0. The summed E-state index contributed by atoms with van der Waals surface area (Å²) in [5, 5.41) is 17.3. The number of carboxylic acids is 1. The van der Waals surface area contributed by atoms with Crippen LogP contribution in [0.4, 0.5) is 0 Å². The van der Waals surface area contributed by atoms with Gasteiger partial charge in [-0.2, -0.15) is 5.10 Å².